The van der Waals surface area contributed by atoms with Gasteiger partial charge < -0.3 is 11.5 Å². The first kappa shape index (κ1) is 7.56. The van der Waals surface area contributed by atoms with Crippen LogP contribution < -0.4 is 11.5 Å². The Kier molecular flexibility index (Phi) is 1.69. The van der Waals surface area contributed by atoms with Gasteiger partial charge in [-0.2, -0.15) is 0 Å². The molecule has 2 aliphatic rings. The second-order valence-electron chi connectivity index (χ2n) is 4.35. The van der Waals surface area contributed by atoms with Gasteiger partial charge in [0, 0.05) is 12.6 Å². The molecule has 2 nitrogen and oxygen atoms in total. The third-order valence-electron chi connectivity index (χ3n) is 3.84. The summed E-state index contributed by atoms with van der Waals surface area (Å²) in [4.78, 5) is 0. The fourth-order valence-corrected chi connectivity index (χ4v) is 3.01. The zero-order valence-corrected chi connectivity index (χ0v) is 7.05. The van der Waals surface area contributed by atoms with Crippen molar-refractivity contribution in [2.45, 2.75) is 38.1 Å². The van der Waals surface area contributed by atoms with Gasteiger partial charge in [0.1, 0.15) is 0 Å². The number of nitrogens with two attached hydrogens (primary N) is 2. The maximum Gasteiger partial charge on any atom is 0.0220 e. The van der Waals surface area contributed by atoms with Gasteiger partial charge in [0.15, 0.2) is 0 Å². The molecule has 2 bridgehead atoms. The quantitative estimate of drug-likeness (QED) is 0.619. The van der Waals surface area contributed by atoms with Crippen LogP contribution in [0.3, 0.4) is 0 Å². The van der Waals surface area contributed by atoms with Crippen molar-refractivity contribution in [3.63, 3.8) is 0 Å². The van der Waals surface area contributed by atoms with Crippen molar-refractivity contribution in [1.29, 1.82) is 0 Å². The molecular weight excluding hydrogens is 136 g/mol. The Morgan fingerprint density at radius 2 is 2.00 bits per heavy atom. The van der Waals surface area contributed by atoms with Gasteiger partial charge in [-0.3, -0.25) is 0 Å². The summed E-state index contributed by atoms with van der Waals surface area (Å²) in [5, 5.41) is 0. The lowest BCUT2D eigenvalue weighted by Crippen LogP contribution is -2.44. The summed E-state index contributed by atoms with van der Waals surface area (Å²) in [6.07, 6.45) is 6.87. The molecule has 0 aromatic rings. The molecule has 4 N–H and O–H groups in total. The molecule has 2 rings (SSSR count). The molecule has 2 heteroatoms. The summed E-state index contributed by atoms with van der Waals surface area (Å²) in [6.45, 7) is 0.673. The number of hydrogen-bond acceptors (Lipinski definition) is 2. The molecule has 2 fully saturated rings. The molecule has 0 aliphatic heterocycles. The molecule has 0 aromatic heterocycles. The minimum atomic E-state index is 0.273. The van der Waals surface area contributed by atoms with E-state index in [2.05, 4.69) is 0 Å². The maximum atomic E-state index is 6.03. The van der Waals surface area contributed by atoms with Crippen molar-refractivity contribution in [2.24, 2.45) is 22.8 Å². The van der Waals surface area contributed by atoms with Crippen LogP contribution in [0.5, 0.6) is 0 Å². The van der Waals surface area contributed by atoms with Gasteiger partial charge in [-0.25, -0.2) is 0 Å². The van der Waals surface area contributed by atoms with E-state index in [1.54, 1.807) is 0 Å². The van der Waals surface area contributed by atoms with E-state index < -0.39 is 0 Å². The summed E-state index contributed by atoms with van der Waals surface area (Å²) >= 11 is 0. The third-order valence-corrected chi connectivity index (χ3v) is 3.84. The van der Waals surface area contributed by atoms with Crippen LogP contribution in [-0.2, 0) is 0 Å². The lowest BCUT2D eigenvalue weighted by molar-refractivity contribution is 0.235. The molecule has 11 heavy (non-hydrogen) atoms. The van der Waals surface area contributed by atoms with E-state index in [0.717, 1.165) is 5.92 Å². The SMILES string of the molecule is NCC(N)C12CCC(CC1)C2. The highest BCUT2D eigenvalue weighted by molar-refractivity contribution is 5.01. The average Bonchev–Trinajstić information content (AvgIpc) is 2.62. The predicted octanol–water partition coefficient (Wildman–Crippen LogP) is 0.853. The van der Waals surface area contributed by atoms with E-state index >= 15 is 0 Å². The van der Waals surface area contributed by atoms with E-state index in [9.17, 15) is 0 Å². The van der Waals surface area contributed by atoms with Gasteiger partial charge in [-0.1, -0.05) is 0 Å². The molecule has 1 unspecified atom stereocenters. The largest absolute Gasteiger partial charge is 0.329 e. The van der Waals surface area contributed by atoms with Gasteiger partial charge in [-0.05, 0) is 43.4 Å². The summed E-state index contributed by atoms with van der Waals surface area (Å²) < 4.78 is 0. The molecule has 0 radical (unpaired) electrons. The monoisotopic (exact) mass is 154 g/mol. The molecular formula is C9H18N2. The molecule has 2 saturated carbocycles. The molecule has 0 aromatic carbocycles. The molecule has 0 spiro atoms. The van der Waals surface area contributed by atoms with Crippen molar-refractivity contribution >= 4 is 0 Å². The van der Waals surface area contributed by atoms with Crippen LogP contribution in [0, 0.1) is 11.3 Å². The normalized spacial score (nSPS) is 44.7. The Labute approximate surface area is 68.3 Å². The van der Waals surface area contributed by atoms with Crippen LogP contribution in [0.1, 0.15) is 32.1 Å². The highest BCUT2D eigenvalue weighted by Gasteiger charge is 2.47. The minimum Gasteiger partial charge on any atom is -0.329 e. The lowest BCUT2D eigenvalue weighted by Gasteiger charge is -2.32. The van der Waals surface area contributed by atoms with Crippen LogP contribution in [0.4, 0.5) is 0 Å². The average molecular weight is 154 g/mol. The fraction of sp³-hybridized carbons (Fsp3) is 1.00. The standard InChI is InChI=1S/C9H18N2/c10-6-8(11)9-3-1-7(5-9)2-4-9/h7-8H,1-6,10-11H2. The highest BCUT2D eigenvalue weighted by Crippen LogP contribution is 2.55. The first-order valence-corrected chi connectivity index (χ1v) is 4.72. The molecule has 64 valence electrons. The summed E-state index contributed by atoms with van der Waals surface area (Å²) in [5.41, 5.74) is 12.1. The van der Waals surface area contributed by atoms with Gasteiger partial charge >= 0.3 is 0 Å². The van der Waals surface area contributed by atoms with Gasteiger partial charge in [0.05, 0.1) is 0 Å². The predicted molar refractivity (Wildman–Crippen MR) is 46.0 cm³/mol. The topological polar surface area (TPSA) is 52.0 Å². The molecule has 2 aliphatic carbocycles. The van der Waals surface area contributed by atoms with E-state index in [0.29, 0.717) is 12.0 Å². The van der Waals surface area contributed by atoms with Crippen LogP contribution in [-0.4, -0.2) is 12.6 Å². The molecule has 0 saturated heterocycles. The van der Waals surface area contributed by atoms with Crippen molar-refractivity contribution in [1.82, 2.24) is 0 Å². The van der Waals surface area contributed by atoms with Gasteiger partial charge in [-0.15, -0.1) is 0 Å². The lowest BCUT2D eigenvalue weighted by atomic mass is 9.78. The van der Waals surface area contributed by atoms with E-state index in [-0.39, 0.29) is 6.04 Å². The minimum absolute atomic E-state index is 0.273. The maximum absolute atomic E-state index is 6.03. The first-order valence-electron chi connectivity index (χ1n) is 4.72. The van der Waals surface area contributed by atoms with Crippen molar-refractivity contribution in [2.75, 3.05) is 6.54 Å². The summed E-state index contributed by atoms with van der Waals surface area (Å²) in [6, 6.07) is 0.273. The Balaban J connectivity index is 2.09. The second kappa shape index (κ2) is 2.46. The first-order chi connectivity index (χ1) is 5.27. The summed E-state index contributed by atoms with van der Waals surface area (Å²) in [7, 11) is 0. The van der Waals surface area contributed by atoms with Crippen LogP contribution in [0.25, 0.3) is 0 Å². The molecule has 0 heterocycles. The van der Waals surface area contributed by atoms with E-state index in [4.69, 9.17) is 11.5 Å². The van der Waals surface area contributed by atoms with Gasteiger partial charge in [0.25, 0.3) is 0 Å². The Morgan fingerprint density at radius 1 is 1.36 bits per heavy atom. The Bertz CT molecular complexity index is 148. The number of hydrogen-bond donors (Lipinski definition) is 2. The van der Waals surface area contributed by atoms with Crippen molar-refractivity contribution in [3.05, 3.63) is 0 Å². The molecule has 1 atom stereocenters. The number of fused-ring (bicyclic) bond motifs is 2. The van der Waals surface area contributed by atoms with E-state index in [1.807, 2.05) is 0 Å². The summed E-state index contributed by atoms with van der Waals surface area (Å²) in [5.74, 6) is 0.993. The highest BCUT2D eigenvalue weighted by atomic mass is 14.8. The zero-order chi connectivity index (χ0) is 7.90. The number of rotatable bonds is 2. The Hall–Kier alpha value is -0.0800. The Morgan fingerprint density at radius 3 is 2.36 bits per heavy atom. The zero-order valence-electron chi connectivity index (χ0n) is 7.05. The van der Waals surface area contributed by atoms with Crippen molar-refractivity contribution in [3.8, 4) is 0 Å². The second-order valence-corrected chi connectivity index (χ2v) is 4.35. The third kappa shape index (κ3) is 1.00. The fourth-order valence-electron chi connectivity index (χ4n) is 3.01. The van der Waals surface area contributed by atoms with Crippen molar-refractivity contribution < 1.29 is 0 Å². The van der Waals surface area contributed by atoms with Crippen LogP contribution in [0.15, 0.2) is 0 Å². The van der Waals surface area contributed by atoms with Gasteiger partial charge in [0.2, 0.25) is 0 Å². The molecule has 0 amide bonds. The van der Waals surface area contributed by atoms with Crippen LogP contribution >= 0.6 is 0 Å². The van der Waals surface area contributed by atoms with E-state index in [1.165, 1.54) is 32.1 Å². The smallest absolute Gasteiger partial charge is 0.0220 e. The van der Waals surface area contributed by atoms with Crippen LogP contribution in [0.2, 0.25) is 0 Å².